The van der Waals surface area contributed by atoms with E-state index in [1.807, 2.05) is 30.3 Å². The minimum atomic E-state index is -3.50. The van der Waals surface area contributed by atoms with Gasteiger partial charge in [-0.15, -0.1) is 0 Å². The molecule has 3 fully saturated rings. The molecule has 37 heavy (non-hydrogen) atoms. The van der Waals surface area contributed by atoms with Gasteiger partial charge in [0.1, 0.15) is 11.6 Å². The summed E-state index contributed by atoms with van der Waals surface area (Å²) in [5.74, 6) is -1.98. The first kappa shape index (κ1) is 27.4. The van der Waals surface area contributed by atoms with Crippen molar-refractivity contribution in [2.75, 3.05) is 31.1 Å². The van der Waals surface area contributed by atoms with Crippen LogP contribution in [-0.4, -0.2) is 91.0 Å². The number of carbonyl (C=O) groups excluding carboxylic acids is 3. The first-order chi connectivity index (χ1) is 17.3. The van der Waals surface area contributed by atoms with Gasteiger partial charge in [-0.3, -0.25) is 9.59 Å². The van der Waals surface area contributed by atoms with Crippen LogP contribution >= 0.6 is 0 Å². The second-order valence-electron chi connectivity index (χ2n) is 11.4. The third-order valence-corrected chi connectivity index (χ3v) is 9.17. The van der Waals surface area contributed by atoms with E-state index in [1.165, 1.54) is 0 Å². The molecule has 11 heteroatoms. The largest absolute Gasteiger partial charge is 0.444 e. The van der Waals surface area contributed by atoms with Crippen molar-refractivity contribution < 1.29 is 27.5 Å². The average Bonchev–Trinajstić information content (AvgIpc) is 3.42. The summed E-state index contributed by atoms with van der Waals surface area (Å²) in [6, 6.07) is 8.66. The van der Waals surface area contributed by atoms with Crippen LogP contribution in [0.4, 0.5) is 4.79 Å². The van der Waals surface area contributed by atoms with Gasteiger partial charge in [0.05, 0.1) is 17.4 Å². The minimum absolute atomic E-state index is 0.0151. The Morgan fingerprint density at radius 1 is 1.11 bits per heavy atom. The Morgan fingerprint density at radius 3 is 2.49 bits per heavy atom. The van der Waals surface area contributed by atoms with E-state index in [0.29, 0.717) is 32.4 Å². The molecule has 3 heterocycles. The summed E-state index contributed by atoms with van der Waals surface area (Å²) in [7, 11) is -3.50. The van der Waals surface area contributed by atoms with Crippen molar-refractivity contribution in [2.24, 2.45) is 11.7 Å². The second-order valence-corrected chi connectivity index (χ2v) is 13.6. The van der Waals surface area contributed by atoms with Crippen LogP contribution in [0.2, 0.25) is 0 Å². The summed E-state index contributed by atoms with van der Waals surface area (Å²) in [5.41, 5.74) is 6.76. The predicted octanol–water partition coefficient (Wildman–Crippen LogP) is 1.26. The zero-order valence-electron chi connectivity index (χ0n) is 21.8. The SMILES string of the molecule is CC(C)(C)OC(=O)NCC1CS(=O)(=O)CC[C@H]2CC[C@@H](C(=O)N3C[C@@H](N)[C@H](c4ccccc4)C3)N2C1=O. The maximum atomic E-state index is 13.7. The van der Waals surface area contributed by atoms with Crippen molar-refractivity contribution in [1.29, 1.82) is 0 Å². The minimum Gasteiger partial charge on any atom is -0.444 e. The maximum absolute atomic E-state index is 13.7. The van der Waals surface area contributed by atoms with Crippen molar-refractivity contribution >= 4 is 27.7 Å². The van der Waals surface area contributed by atoms with Gasteiger partial charge in [-0.1, -0.05) is 30.3 Å². The third-order valence-electron chi connectivity index (χ3n) is 7.40. The molecule has 0 radical (unpaired) electrons. The summed E-state index contributed by atoms with van der Waals surface area (Å²) in [6.07, 6.45) is 0.620. The highest BCUT2D eigenvalue weighted by Gasteiger charge is 2.48. The van der Waals surface area contributed by atoms with Crippen molar-refractivity contribution in [2.45, 2.75) is 69.7 Å². The van der Waals surface area contributed by atoms with Gasteiger partial charge in [0.2, 0.25) is 11.8 Å². The number of benzene rings is 1. The fourth-order valence-electron chi connectivity index (χ4n) is 5.67. The molecule has 3 N–H and O–H groups in total. The molecule has 3 aliphatic rings. The molecule has 3 amide bonds. The Hall–Kier alpha value is -2.66. The molecule has 0 aliphatic carbocycles. The van der Waals surface area contributed by atoms with Gasteiger partial charge in [-0.25, -0.2) is 13.2 Å². The van der Waals surface area contributed by atoms with Crippen LogP contribution in [0.3, 0.4) is 0 Å². The fraction of sp³-hybridized carbons (Fsp3) is 0.654. The van der Waals surface area contributed by atoms with Crippen LogP contribution in [-0.2, 0) is 24.2 Å². The quantitative estimate of drug-likeness (QED) is 0.593. The number of fused-ring (bicyclic) bond motifs is 1. The van der Waals surface area contributed by atoms with E-state index >= 15 is 0 Å². The monoisotopic (exact) mass is 534 g/mol. The van der Waals surface area contributed by atoms with E-state index in [4.69, 9.17) is 10.5 Å². The molecule has 204 valence electrons. The van der Waals surface area contributed by atoms with Crippen molar-refractivity contribution in [3.05, 3.63) is 35.9 Å². The molecule has 3 saturated heterocycles. The van der Waals surface area contributed by atoms with E-state index in [2.05, 4.69) is 5.32 Å². The lowest BCUT2D eigenvalue weighted by Gasteiger charge is -2.36. The number of ether oxygens (including phenoxy) is 1. The van der Waals surface area contributed by atoms with Crippen LogP contribution in [0.25, 0.3) is 0 Å². The average molecular weight is 535 g/mol. The highest BCUT2D eigenvalue weighted by Crippen LogP contribution is 2.34. The summed E-state index contributed by atoms with van der Waals surface area (Å²) in [4.78, 5) is 42.9. The zero-order chi connectivity index (χ0) is 27.0. The molecule has 0 aromatic heterocycles. The Kier molecular flexibility index (Phi) is 7.85. The van der Waals surface area contributed by atoms with Crippen LogP contribution in [0, 0.1) is 5.92 Å². The van der Waals surface area contributed by atoms with Gasteiger partial charge < -0.3 is 25.6 Å². The highest BCUT2D eigenvalue weighted by atomic mass is 32.2. The molecule has 0 bridgehead atoms. The van der Waals surface area contributed by atoms with Gasteiger partial charge in [0.25, 0.3) is 0 Å². The summed E-state index contributed by atoms with van der Waals surface area (Å²) in [5, 5.41) is 2.55. The van der Waals surface area contributed by atoms with Crippen molar-refractivity contribution in [1.82, 2.24) is 15.1 Å². The molecule has 1 unspecified atom stereocenters. The molecule has 1 aromatic rings. The number of carbonyl (C=O) groups is 3. The van der Waals surface area contributed by atoms with Gasteiger partial charge in [-0.05, 0) is 45.6 Å². The first-order valence-corrected chi connectivity index (χ1v) is 14.8. The number of sulfone groups is 1. The fourth-order valence-corrected chi connectivity index (χ4v) is 7.34. The number of nitrogens with zero attached hydrogens (tertiary/aromatic N) is 2. The van der Waals surface area contributed by atoms with E-state index in [-0.39, 0.29) is 42.0 Å². The predicted molar refractivity (Wildman–Crippen MR) is 138 cm³/mol. The lowest BCUT2D eigenvalue weighted by Crippen LogP contribution is -2.55. The van der Waals surface area contributed by atoms with Crippen molar-refractivity contribution in [3.63, 3.8) is 0 Å². The number of hydrogen-bond donors (Lipinski definition) is 2. The van der Waals surface area contributed by atoms with Gasteiger partial charge in [0, 0.05) is 37.6 Å². The topological polar surface area (TPSA) is 139 Å². The van der Waals surface area contributed by atoms with Crippen LogP contribution in [0.5, 0.6) is 0 Å². The molecule has 1 aromatic carbocycles. The standard InChI is InChI=1S/C26H38N4O6S/c1-26(2,3)36-25(33)28-13-18-16-37(34,35)12-11-19-9-10-22(30(19)23(18)31)24(32)29-14-20(21(27)15-29)17-7-5-4-6-8-17/h4-8,18-22H,9-16,27H2,1-3H3,(H,28,33)/t18?,19-,20+,21-,22+/m1/s1. The molecule has 5 atom stereocenters. The molecule has 0 spiro atoms. The second kappa shape index (κ2) is 10.6. The first-order valence-electron chi connectivity index (χ1n) is 12.9. The molecular formula is C26H38N4O6S. The van der Waals surface area contributed by atoms with E-state index < -0.39 is 39.4 Å². The Morgan fingerprint density at radius 2 is 1.81 bits per heavy atom. The van der Waals surface area contributed by atoms with E-state index in [1.54, 1.807) is 30.6 Å². The normalized spacial score (nSPS) is 29.8. The number of nitrogens with two attached hydrogens (primary N) is 1. The smallest absolute Gasteiger partial charge is 0.407 e. The lowest BCUT2D eigenvalue weighted by atomic mass is 9.95. The summed E-state index contributed by atoms with van der Waals surface area (Å²) >= 11 is 0. The molecule has 4 rings (SSSR count). The van der Waals surface area contributed by atoms with Gasteiger partial charge in [-0.2, -0.15) is 0 Å². The number of nitrogens with one attached hydrogen (secondary N) is 1. The van der Waals surface area contributed by atoms with Crippen LogP contribution < -0.4 is 11.1 Å². The molecule has 0 saturated carbocycles. The number of amides is 3. The van der Waals surface area contributed by atoms with Crippen LogP contribution in [0.15, 0.2) is 30.3 Å². The van der Waals surface area contributed by atoms with Crippen molar-refractivity contribution in [3.8, 4) is 0 Å². The Balaban J connectivity index is 1.50. The summed E-state index contributed by atoms with van der Waals surface area (Å²) < 4.78 is 30.6. The van der Waals surface area contributed by atoms with E-state index in [0.717, 1.165) is 5.56 Å². The number of rotatable bonds is 4. The Labute approximate surface area is 218 Å². The van der Waals surface area contributed by atoms with Gasteiger partial charge >= 0.3 is 6.09 Å². The van der Waals surface area contributed by atoms with E-state index in [9.17, 15) is 22.8 Å². The number of alkyl carbamates (subject to hydrolysis) is 1. The van der Waals surface area contributed by atoms with Crippen LogP contribution in [0.1, 0.15) is 51.5 Å². The molecule has 10 nitrogen and oxygen atoms in total. The zero-order valence-corrected chi connectivity index (χ0v) is 22.6. The third kappa shape index (κ3) is 6.43. The lowest BCUT2D eigenvalue weighted by molar-refractivity contribution is -0.147. The number of hydrogen-bond acceptors (Lipinski definition) is 7. The number of likely N-dealkylation sites (tertiary alicyclic amines) is 1. The Bertz CT molecular complexity index is 1120. The van der Waals surface area contributed by atoms with Gasteiger partial charge in [0.15, 0.2) is 9.84 Å². The molecule has 3 aliphatic heterocycles. The summed E-state index contributed by atoms with van der Waals surface area (Å²) in [6.45, 7) is 5.85. The molecular weight excluding hydrogens is 496 g/mol. The maximum Gasteiger partial charge on any atom is 0.407 e. The highest BCUT2D eigenvalue weighted by molar-refractivity contribution is 7.91.